The molecule has 5 heteroatoms. The lowest BCUT2D eigenvalue weighted by Crippen LogP contribution is -2.32. The van der Waals surface area contributed by atoms with Crippen LogP contribution in [-0.2, 0) is 14.1 Å². The monoisotopic (exact) mass is 213 g/mol. The van der Waals surface area contributed by atoms with Crippen LogP contribution in [0.2, 0.25) is 0 Å². The molecule has 14 heavy (non-hydrogen) atoms. The highest BCUT2D eigenvalue weighted by Crippen LogP contribution is 2.20. The molecule has 4 nitrogen and oxygen atoms in total. The SMILES string of the molecule is Cn1c(C2CSCCN2)cc(=O)n1C. The zero-order valence-electron chi connectivity index (χ0n) is 8.49. The Bertz CT molecular complexity index is 376. The predicted molar refractivity (Wildman–Crippen MR) is 58.7 cm³/mol. The highest BCUT2D eigenvalue weighted by molar-refractivity contribution is 7.99. The lowest BCUT2D eigenvalue weighted by molar-refractivity contribution is 0.498. The van der Waals surface area contributed by atoms with Crippen LogP contribution in [0, 0.1) is 0 Å². The number of aromatic nitrogens is 2. The average Bonchev–Trinajstić information content (AvgIpc) is 2.47. The topological polar surface area (TPSA) is 39.0 Å². The van der Waals surface area contributed by atoms with Crippen molar-refractivity contribution < 1.29 is 0 Å². The van der Waals surface area contributed by atoms with Gasteiger partial charge in [0.2, 0.25) is 0 Å². The number of hydrogen-bond donors (Lipinski definition) is 1. The van der Waals surface area contributed by atoms with Gasteiger partial charge in [0.25, 0.3) is 5.56 Å². The summed E-state index contributed by atoms with van der Waals surface area (Å²) >= 11 is 1.93. The molecule has 2 heterocycles. The van der Waals surface area contributed by atoms with E-state index in [1.807, 2.05) is 23.5 Å². The van der Waals surface area contributed by atoms with E-state index in [0.717, 1.165) is 23.7 Å². The number of hydrogen-bond acceptors (Lipinski definition) is 3. The van der Waals surface area contributed by atoms with Crippen molar-refractivity contribution in [2.45, 2.75) is 6.04 Å². The minimum atomic E-state index is 0.0693. The summed E-state index contributed by atoms with van der Waals surface area (Å²) in [5.74, 6) is 2.22. The minimum absolute atomic E-state index is 0.0693. The van der Waals surface area contributed by atoms with Gasteiger partial charge in [-0.3, -0.25) is 14.2 Å². The highest BCUT2D eigenvalue weighted by atomic mass is 32.2. The average molecular weight is 213 g/mol. The molecule has 0 spiro atoms. The molecule has 0 saturated carbocycles. The van der Waals surface area contributed by atoms with Gasteiger partial charge in [0.1, 0.15) is 0 Å². The first-order valence-corrected chi connectivity index (χ1v) is 5.89. The van der Waals surface area contributed by atoms with Crippen molar-refractivity contribution >= 4 is 11.8 Å². The number of thioether (sulfide) groups is 1. The lowest BCUT2D eigenvalue weighted by atomic mass is 10.2. The van der Waals surface area contributed by atoms with Gasteiger partial charge in [-0.25, -0.2) is 0 Å². The van der Waals surface area contributed by atoms with Crippen LogP contribution >= 0.6 is 11.8 Å². The molecule has 1 unspecified atom stereocenters. The van der Waals surface area contributed by atoms with Gasteiger partial charge in [-0.2, -0.15) is 11.8 Å². The molecule has 1 aromatic heterocycles. The summed E-state index contributed by atoms with van der Waals surface area (Å²) in [6.07, 6.45) is 0. The molecule has 1 aliphatic heterocycles. The van der Waals surface area contributed by atoms with Crippen molar-refractivity contribution in [1.82, 2.24) is 14.7 Å². The van der Waals surface area contributed by atoms with Crippen LogP contribution in [0.4, 0.5) is 0 Å². The smallest absolute Gasteiger partial charge is 0.266 e. The van der Waals surface area contributed by atoms with Crippen LogP contribution in [0.5, 0.6) is 0 Å². The summed E-state index contributed by atoms with van der Waals surface area (Å²) < 4.78 is 3.56. The maximum Gasteiger partial charge on any atom is 0.266 e. The van der Waals surface area contributed by atoms with E-state index in [9.17, 15) is 4.79 Å². The van der Waals surface area contributed by atoms with Crippen LogP contribution in [0.1, 0.15) is 11.7 Å². The van der Waals surface area contributed by atoms with E-state index in [2.05, 4.69) is 5.32 Å². The minimum Gasteiger partial charge on any atom is -0.307 e. The van der Waals surface area contributed by atoms with Crippen molar-refractivity contribution in [3.8, 4) is 0 Å². The van der Waals surface area contributed by atoms with E-state index in [1.54, 1.807) is 17.8 Å². The van der Waals surface area contributed by atoms with Gasteiger partial charge >= 0.3 is 0 Å². The molecule has 1 aromatic rings. The van der Waals surface area contributed by atoms with E-state index in [-0.39, 0.29) is 5.56 Å². The molecule has 1 fully saturated rings. The van der Waals surface area contributed by atoms with Gasteiger partial charge in [-0.15, -0.1) is 0 Å². The normalized spacial score (nSPS) is 22.6. The van der Waals surface area contributed by atoms with Crippen molar-refractivity contribution in [1.29, 1.82) is 0 Å². The van der Waals surface area contributed by atoms with Crippen molar-refractivity contribution in [3.05, 3.63) is 22.1 Å². The van der Waals surface area contributed by atoms with E-state index in [4.69, 9.17) is 0 Å². The predicted octanol–water partition coefficient (Wildman–Crippen LogP) is 0.101. The third-order valence-corrected chi connectivity index (χ3v) is 3.75. The Morgan fingerprint density at radius 3 is 2.79 bits per heavy atom. The molecule has 0 aromatic carbocycles. The van der Waals surface area contributed by atoms with E-state index in [1.165, 1.54) is 0 Å². The fourth-order valence-electron chi connectivity index (χ4n) is 1.72. The molecule has 1 saturated heterocycles. The first kappa shape index (κ1) is 9.86. The van der Waals surface area contributed by atoms with Gasteiger partial charge in [-0.05, 0) is 0 Å². The largest absolute Gasteiger partial charge is 0.307 e. The summed E-state index contributed by atoms with van der Waals surface area (Å²) in [4.78, 5) is 11.4. The van der Waals surface area contributed by atoms with Crippen LogP contribution in [0.25, 0.3) is 0 Å². The number of nitrogens with zero attached hydrogens (tertiary/aromatic N) is 2. The third-order valence-electron chi connectivity index (χ3n) is 2.69. The van der Waals surface area contributed by atoms with Crippen LogP contribution < -0.4 is 10.9 Å². The van der Waals surface area contributed by atoms with Gasteiger partial charge < -0.3 is 5.32 Å². The third kappa shape index (κ3) is 1.62. The number of rotatable bonds is 1. The highest BCUT2D eigenvalue weighted by Gasteiger charge is 2.19. The second-order valence-corrected chi connectivity index (χ2v) is 4.69. The van der Waals surface area contributed by atoms with E-state index < -0.39 is 0 Å². The second kappa shape index (κ2) is 3.82. The first-order chi connectivity index (χ1) is 6.70. The lowest BCUT2D eigenvalue weighted by Gasteiger charge is -2.23. The first-order valence-electron chi connectivity index (χ1n) is 4.74. The summed E-state index contributed by atoms with van der Waals surface area (Å²) in [5.41, 5.74) is 1.16. The Kier molecular flexibility index (Phi) is 2.69. The summed E-state index contributed by atoms with van der Waals surface area (Å²) in [6, 6.07) is 2.05. The molecule has 1 N–H and O–H groups in total. The summed E-state index contributed by atoms with van der Waals surface area (Å²) in [6.45, 7) is 1.03. The molecule has 78 valence electrons. The molecular formula is C9H15N3OS. The summed E-state index contributed by atoms with van der Waals surface area (Å²) in [5, 5.41) is 3.42. The van der Waals surface area contributed by atoms with E-state index >= 15 is 0 Å². The number of nitrogens with one attached hydrogen (secondary N) is 1. The van der Waals surface area contributed by atoms with Gasteiger partial charge in [0.15, 0.2) is 0 Å². The van der Waals surface area contributed by atoms with Crippen molar-refractivity contribution in [3.63, 3.8) is 0 Å². The van der Waals surface area contributed by atoms with Crippen LogP contribution in [0.3, 0.4) is 0 Å². The Hall–Kier alpha value is -0.680. The van der Waals surface area contributed by atoms with Crippen molar-refractivity contribution in [2.75, 3.05) is 18.1 Å². The Labute approximate surface area is 87.3 Å². The molecule has 0 radical (unpaired) electrons. The fraction of sp³-hybridized carbons (Fsp3) is 0.667. The Balaban J connectivity index is 2.30. The molecule has 1 aliphatic rings. The molecule has 1 atom stereocenters. The van der Waals surface area contributed by atoms with Gasteiger partial charge in [0, 0.05) is 38.2 Å². The van der Waals surface area contributed by atoms with Gasteiger partial charge in [0.05, 0.1) is 11.7 Å². The molecule has 0 bridgehead atoms. The molecule has 2 rings (SSSR count). The molecular weight excluding hydrogens is 198 g/mol. The fourth-order valence-corrected chi connectivity index (χ4v) is 2.67. The Morgan fingerprint density at radius 2 is 2.29 bits per heavy atom. The van der Waals surface area contributed by atoms with Crippen LogP contribution in [0.15, 0.2) is 10.9 Å². The maximum absolute atomic E-state index is 11.4. The maximum atomic E-state index is 11.4. The van der Waals surface area contributed by atoms with Crippen LogP contribution in [-0.4, -0.2) is 27.4 Å². The molecule has 0 aliphatic carbocycles. The second-order valence-electron chi connectivity index (χ2n) is 3.54. The van der Waals surface area contributed by atoms with Gasteiger partial charge in [-0.1, -0.05) is 0 Å². The van der Waals surface area contributed by atoms with Crippen molar-refractivity contribution in [2.24, 2.45) is 14.1 Å². The quantitative estimate of drug-likeness (QED) is 0.719. The Morgan fingerprint density at radius 1 is 1.50 bits per heavy atom. The standard InChI is InChI=1S/C9H15N3OS/c1-11-8(5-9(13)12(11)2)7-6-14-4-3-10-7/h5,7,10H,3-4,6H2,1-2H3. The zero-order chi connectivity index (χ0) is 10.1. The zero-order valence-corrected chi connectivity index (χ0v) is 9.30. The molecule has 0 amide bonds. The summed E-state index contributed by atoms with van der Waals surface area (Å²) in [7, 11) is 3.72. The van der Waals surface area contributed by atoms with E-state index in [0.29, 0.717) is 6.04 Å².